The van der Waals surface area contributed by atoms with Gasteiger partial charge in [-0.15, -0.1) is 21.5 Å². The molecule has 2 aliphatic heterocycles. The highest BCUT2D eigenvalue weighted by Crippen LogP contribution is 2.21. The third kappa shape index (κ3) is 5.74. The molecule has 2 aliphatic rings. The number of benzene rings is 1. The predicted molar refractivity (Wildman–Crippen MR) is 140 cm³/mol. The number of ether oxygens (including phenoxy) is 1. The number of carbonyl (C=O) groups is 2. The largest absolute Gasteiger partial charge is 0.376 e. The summed E-state index contributed by atoms with van der Waals surface area (Å²) in [4.78, 5) is 32.6. The molecule has 8 nitrogen and oxygen atoms in total. The number of piperazine rings is 1. The number of anilines is 1. The van der Waals surface area contributed by atoms with E-state index in [1.807, 2.05) is 34.5 Å². The molecule has 0 unspecified atom stereocenters. The van der Waals surface area contributed by atoms with Gasteiger partial charge in [-0.05, 0) is 43.3 Å². The molecular weight excluding hydrogens is 474 g/mol. The van der Waals surface area contributed by atoms with Gasteiger partial charge in [0.15, 0.2) is 5.82 Å². The van der Waals surface area contributed by atoms with Crippen LogP contribution in [0.5, 0.6) is 0 Å². The molecule has 5 rings (SSSR count). The maximum absolute atomic E-state index is 13.2. The van der Waals surface area contributed by atoms with E-state index < -0.39 is 0 Å². The minimum absolute atomic E-state index is 0.0000140. The van der Waals surface area contributed by atoms with Gasteiger partial charge in [-0.2, -0.15) is 0 Å². The number of aryl methyl sites for hydroxylation is 1. The summed E-state index contributed by atoms with van der Waals surface area (Å²) in [5.41, 5.74) is 3.09. The average molecular weight is 506 g/mol. The number of hydrogen-bond acceptors (Lipinski definition) is 7. The zero-order valence-corrected chi connectivity index (χ0v) is 21.3. The van der Waals surface area contributed by atoms with Crippen molar-refractivity contribution in [2.24, 2.45) is 0 Å². The molecule has 2 fully saturated rings. The molecule has 1 atom stereocenters. The number of aromatic nitrogens is 2. The molecule has 0 N–H and O–H groups in total. The summed E-state index contributed by atoms with van der Waals surface area (Å²) in [6.45, 7) is 5.82. The molecule has 0 saturated carbocycles. The molecule has 36 heavy (non-hydrogen) atoms. The third-order valence-corrected chi connectivity index (χ3v) is 7.61. The zero-order valence-electron chi connectivity index (χ0n) is 20.5. The highest BCUT2D eigenvalue weighted by atomic mass is 32.1. The van der Waals surface area contributed by atoms with Gasteiger partial charge >= 0.3 is 0 Å². The summed E-state index contributed by atoms with van der Waals surface area (Å²) < 4.78 is 5.75. The molecule has 1 aromatic carbocycles. The summed E-state index contributed by atoms with van der Waals surface area (Å²) >= 11 is 1.40. The first-order valence-electron chi connectivity index (χ1n) is 12.4. The van der Waals surface area contributed by atoms with Crippen molar-refractivity contribution in [3.8, 4) is 11.3 Å². The molecule has 3 aromatic rings. The van der Waals surface area contributed by atoms with E-state index in [-0.39, 0.29) is 24.5 Å². The molecule has 2 aromatic heterocycles. The molecule has 2 amide bonds. The number of carbonyl (C=O) groups excluding carboxylic acids is 2. The lowest BCUT2D eigenvalue weighted by Gasteiger charge is -2.36. The Morgan fingerprint density at radius 2 is 1.86 bits per heavy atom. The Labute approximate surface area is 215 Å². The lowest BCUT2D eigenvalue weighted by molar-refractivity contribution is -0.132. The molecule has 2 saturated heterocycles. The summed E-state index contributed by atoms with van der Waals surface area (Å²) in [5.74, 6) is 0.681. The monoisotopic (exact) mass is 505 g/mol. The zero-order chi connectivity index (χ0) is 24.9. The van der Waals surface area contributed by atoms with Crippen LogP contribution in [0.4, 0.5) is 5.82 Å². The van der Waals surface area contributed by atoms with Crippen LogP contribution in [0, 0.1) is 6.92 Å². The van der Waals surface area contributed by atoms with Crippen LogP contribution < -0.4 is 4.90 Å². The van der Waals surface area contributed by atoms with E-state index in [4.69, 9.17) is 4.74 Å². The van der Waals surface area contributed by atoms with Gasteiger partial charge in [0.05, 0.1) is 16.7 Å². The van der Waals surface area contributed by atoms with E-state index in [9.17, 15) is 9.59 Å². The van der Waals surface area contributed by atoms with Crippen LogP contribution in [0.1, 0.15) is 28.1 Å². The van der Waals surface area contributed by atoms with Gasteiger partial charge in [0.2, 0.25) is 5.91 Å². The van der Waals surface area contributed by atoms with Crippen molar-refractivity contribution in [1.29, 1.82) is 0 Å². The van der Waals surface area contributed by atoms with E-state index in [0.717, 1.165) is 36.5 Å². The highest BCUT2D eigenvalue weighted by Gasteiger charge is 2.29. The SMILES string of the molecule is Cc1ccc(-c2ccc(N3CCN(C(=O)CN(C[C@@H]4CCCO4)C(=O)c4cccs4)CC3)nn2)cc1. The second kappa shape index (κ2) is 11.2. The number of amides is 2. The number of thiophene rings is 1. The Bertz CT molecular complexity index is 1150. The van der Waals surface area contributed by atoms with Gasteiger partial charge in [0, 0.05) is 44.9 Å². The summed E-state index contributed by atoms with van der Waals surface area (Å²) in [6.07, 6.45) is 1.92. The molecule has 0 radical (unpaired) electrons. The maximum Gasteiger partial charge on any atom is 0.264 e. The summed E-state index contributed by atoms with van der Waals surface area (Å²) in [5, 5.41) is 10.7. The van der Waals surface area contributed by atoms with Gasteiger partial charge in [-0.25, -0.2) is 0 Å². The standard InChI is InChI=1S/C27H31N5O3S/c1-20-6-8-21(9-7-20)23-10-11-25(29-28-23)30-12-14-31(15-13-30)26(33)19-32(18-22-4-2-16-35-22)27(34)24-5-3-17-36-24/h3,5-11,17,22H,2,4,12-16,18-19H2,1H3/t22-/m0/s1. The minimum Gasteiger partial charge on any atom is -0.376 e. The van der Waals surface area contributed by atoms with Crippen molar-refractivity contribution in [2.75, 3.05) is 50.8 Å². The second-order valence-electron chi connectivity index (χ2n) is 9.31. The minimum atomic E-state index is -0.101. The smallest absolute Gasteiger partial charge is 0.264 e. The fourth-order valence-electron chi connectivity index (χ4n) is 4.63. The van der Waals surface area contributed by atoms with Crippen molar-refractivity contribution in [3.63, 3.8) is 0 Å². The Hall–Kier alpha value is -3.30. The number of nitrogens with zero attached hydrogens (tertiary/aromatic N) is 5. The maximum atomic E-state index is 13.2. The Balaban J connectivity index is 1.17. The lowest BCUT2D eigenvalue weighted by Crippen LogP contribution is -2.52. The molecule has 188 valence electrons. The van der Waals surface area contributed by atoms with Gasteiger partial charge in [0.25, 0.3) is 5.91 Å². The van der Waals surface area contributed by atoms with Crippen LogP contribution in [0.3, 0.4) is 0 Å². The van der Waals surface area contributed by atoms with Crippen molar-refractivity contribution in [3.05, 3.63) is 64.4 Å². The molecule has 0 bridgehead atoms. The van der Waals surface area contributed by atoms with Gasteiger partial charge in [-0.1, -0.05) is 35.9 Å². The second-order valence-corrected chi connectivity index (χ2v) is 10.3. The van der Waals surface area contributed by atoms with Crippen molar-refractivity contribution in [2.45, 2.75) is 25.9 Å². The first-order valence-corrected chi connectivity index (χ1v) is 13.3. The molecule has 4 heterocycles. The number of rotatable bonds is 7. The molecular formula is C27H31N5O3S. The Morgan fingerprint density at radius 3 is 2.50 bits per heavy atom. The molecule has 9 heteroatoms. The van der Waals surface area contributed by atoms with Crippen molar-refractivity contribution >= 4 is 29.0 Å². The van der Waals surface area contributed by atoms with Crippen molar-refractivity contribution in [1.82, 2.24) is 20.0 Å². The van der Waals surface area contributed by atoms with E-state index in [1.165, 1.54) is 16.9 Å². The van der Waals surface area contributed by atoms with Crippen LogP contribution >= 0.6 is 11.3 Å². The quantitative estimate of drug-likeness (QED) is 0.489. The van der Waals surface area contributed by atoms with Gasteiger partial charge in [-0.3, -0.25) is 9.59 Å². The fourth-order valence-corrected chi connectivity index (χ4v) is 5.32. The van der Waals surface area contributed by atoms with E-state index >= 15 is 0 Å². The molecule has 0 aliphatic carbocycles. The lowest BCUT2D eigenvalue weighted by atomic mass is 10.1. The highest BCUT2D eigenvalue weighted by molar-refractivity contribution is 7.12. The normalized spacial score (nSPS) is 17.9. The summed E-state index contributed by atoms with van der Waals surface area (Å²) in [7, 11) is 0. The van der Waals surface area contributed by atoms with Gasteiger partial charge in [0.1, 0.15) is 6.54 Å². The number of hydrogen-bond donors (Lipinski definition) is 0. The first kappa shape index (κ1) is 24.4. The molecule has 0 spiro atoms. The van der Waals surface area contributed by atoms with Crippen LogP contribution in [-0.2, 0) is 9.53 Å². The van der Waals surface area contributed by atoms with Crippen LogP contribution in [-0.4, -0.2) is 83.8 Å². The third-order valence-electron chi connectivity index (χ3n) is 6.75. The van der Waals surface area contributed by atoms with Crippen LogP contribution in [0.25, 0.3) is 11.3 Å². The van der Waals surface area contributed by atoms with E-state index in [1.54, 1.807) is 4.90 Å². The fraction of sp³-hybridized carbons (Fsp3) is 0.407. The van der Waals surface area contributed by atoms with Crippen molar-refractivity contribution < 1.29 is 14.3 Å². The van der Waals surface area contributed by atoms with Crippen LogP contribution in [0.15, 0.2) is 53.9 Å². The van der Waals surface area contributed by atoms with Gasteiger partial charge < -0.3 is 19.4 Å². The topological polar surface area (TPSA) is 78.9 Å². The van der Waals surface area contributed by atoms with Crippen LogP contribution in [0.2, 0.25) is 0 Å². The average Bonchev–Trinajstić information content (AvgIpc) is 3.63. The van der Waals surface area contributed by atoms with E-state index in [0.29, 0.717) is 37.6 Å². The Morgan fingerprint density at radius 1 is 1.06 bits per heavy atom. The first-order chi connectivity index (χ1) is 17.6. The predicted octanol–water partition coefficient (Wildman–Crippen LogP) is 3.48. The van der Waals surface area contributed by atoms with E-state index in [2.05, 4.69) is 46.3 Å². The Kier molecular flexibility index (Phi) is 7.58. The summed E-state index contributed by atoms with van der Waals surface area (Å²) in [6, 6.07) is 15.9.